The van der Waals surface area contributed by atoms with Gasteiger partial charge in [0.25, 0.3) is 0 Å². The third kappa shape index (κ3) is 4.36. The van der Waals surface area contributed by atoms with Crippen molar-refractivity contribution in [3.05, 3.63) is 126 Å². The van der Waals surface area contributed by atoms with Crippen LogP contribution >= 0.6 is 0 Å². The fourth-order valence-corrected chi connectivity index (χ4v) is 3.97. The van der Waals surface area contributed by atoms with Crippen LogP contribution in [0, 0.1) is 0 Å². The number of phenolic OH excluding ortho intramolecular Hbond substituents is 1. The standard InChI is InChI=1S/C28H24O3/c1-31-27-12-6-5-11-25(27)22-10-7-18-28(20-22,23-13-15-24(29)16-14-23)19-17-26(30)21-8-3-2-4-9-21/h2-19,29H,20H2,1H3/b19-17+. The highest BCUT2D eigenvalue weighted by atomic mass is 16.5. The predicted octanol–water partition coefficient (Wildman–Crippen LogP) is 6.12. The number of benzene rings is 3. The van der Waals surface area contributed by atoms with Crippen molar-refractivity contribution in [2.24, 2.45) is 0 Å². The normalized spacial score (nSPS) is 18.0. The molecule has 1 atom stereocenters. The van der Waals surface area contributed by atoms with E-state index in [9.17, 15) is 9.90 Å². The predicted molar refractivity (Wildman–Crippen MR) is 124 cm³/mol. The van der Waals surface area contributed by atoms with E-state index in [1.54, 1.807) is 25.3 Å². The van der Waals surface area contributed by atoms with Crippen LogP contribution in [0.5, 0.6) is 11.5 Å². The van der Waals surface area contributed by atoms with Gasteiger partial charge >= 0.3 is 0 Å². The van der Waals surface area contributed by atoms with E-state index in [-0.39, 0.29) is 11.5 Å². The average Bonchev–Trinajstić information content (AvgIpc) is 2.83. The summed E-state index contributed by atoms with van der Waals surface area (Å²) in [5, 5.41) is 9.79. The Morgan fingerprint density at radius 2 is 1.68 bits per heavy atom. The first-order chi connectivity index (χ1) is 15.1. The number of hydrogen-bond acceptors (Lipinski definition) is 3. The smallest absolute Gasteiger partial charge is 0.185 e. The lowest BCUT2D eigenvalue weighted by Crippen LogP contribution is -2.23. The topological polar surface area (TPSA) is 46.5 Å². The summed E-state index contributed by atoms with van der Waals surface area (Å²) in [4.78, 5) is 12.8. The summed E-state index contributed by atoms with van der Waals surface area (Å²) in [6, 6.07) is 24.4. The molecule has 3 heteroatoms. The van der Waals surface area contributed by atoms with Crippen LogP contribution in [0.1, 0.15) is 27.9 Å². The molecule has 3 aromatic carbocycles. The van der Waals surface area contributed by atoms with Gasteiger partial charge in [-0.25, -0.2) is 0 Å². The maximum atomic E-state index is 12.8. The molecular formula is C28H24O3. The quantitative estimate of drug-likeness (QED) is 0.395. The van der Waals surface area contributed by atoms with Crippen LogP contribution in [0.2, 0.25) is 0 Å². The first kappa shape index (κ1) is 20.4. The molecule has 0 amide bonds. The monoisotopic (exact) mass is 408 g/mol. The Balaban J connectivity index is 1.74. The Morgan fingerprint density at radius 1 is 0.968 bits per heavy atom. The summed E-state index contributed by atoms with van der Waals surface area (Å²) in [6.45, 7) is 0. The van der Waals surface area contributed by atoms with Crippen molar-refractivity contribution < 1.29 is 14.6 Å². The Bertz CT molecular complexity index is 1150. The molecule has 0 aromatic heterocycles. The van der Waals surface area contributed by atoms with E-state index < -0.39 is 5.41 Å². The molecule has 0 bridgehead atoms. The summed E-state index contributed by atoms with van der Waals surface area (Å²) in [6.07, 6.45) is 10.5. The summed E-state index contributed by atoms with van der Waals surface area (Å²) in [5.74, 6) is 0.983. The van der Waals surface area contributed by atoms with Gasteiger partial charge in [0.2, 0.25) is 0 Å². The molecule has 0 saturated carbocycles. The minimum Gasteiger partial charge on any atom is -0.508 e. The van der Waals surface area contributed by atoms with Crippen molar-refractivity contribution in [3.63, 3.8) is 0 Å². The van der Waals surface area contributed by atoms with Gasteiger partial charge in [0.15, 0.2) is 5.78 Å². The van der Waals surface area contributed by atoms with Gasteiger partial charge in [-0.3, -0.25) is 4.79 Å². The van der Waals surface area contributed by atoms with Gasteiger partial charge in [0, 0.05) is 16.5 Å². The van der Waals surface area contributed by atoms with E-state index in [0.29, 0.717) is 12.0 Å². The maximum Gasteiger partial charge on any atom is 0.185 e. The van der Waals surface area contributed by atoms with Crippen molar-refractivity contribution in [3.8, 4) is 11.5 Å². The first-order valence-corrected chi connectivity index (χ1v) is 10.2. The second-order valence-electron chi connectivity index (χ2n) is 7.58. The van der Waals surface area contributed by atoms with Crippen LogP contribution in [0.3, 0.4) is 0 Å². The fourth-order valence-electron chi connectivity index (χ4n) is 3.97. The first-order valence-electron chi connectivity index (χ1n) is 10.2. The molecule has 1 aliphatic rings. The van der Waals surface area contributed by atoms with E-state index >= 15 is 0 Å². The van der Waals surface area contributed by atoms with Crippen molar-refractivity contribution >= 4 is 11.4 Å². The van der Waals surface area contributed by atoms with Crippen molar-refractivity contribution in [1.82, 2.24) is 0 Å². The summed E-state index contributed by atoms with van der Waals surface area (Å²) >= 11 is 0. The number of rotatable bonds is 6. The lowest BCUT2D eigenvalue weighted by atomic mass is 9.71. The van der Waals surface area contributed by atoms with E-state index in [0.717, 1.165) is 22.4 Å². The molecule has 1 aliphatic carbocycles. The minimum absolute atomic E-state index is 0.0412. The summed E-state index contributed by atoms with van der Waals surface area (Å²) in [7, 11) is 1.67. The van der Waals surface area contributed by atoms with Gasteiger partial charge in [-0.2, -0.15) is 0 Å². The molecule has 1 unspecified atom stereocenters. The number of aromatic hydroxyl groups is 1. The number of ketones is 1. The molecule has 3 nitrogen and oxygen atoms in total. The van der Waals surface area contributed by atoms with Crippen LogP contribution in [-0.2, 0) is 5.41 Å². The highest BCUT2D eigenvalue weighted by Crippen LogP contribution is 2.42. The van der Waals surface area contributed by atoms with Gasteiger partial charge in [-0.15, -0.1) is 0 Å². The van der Waals surface area contributed by atoms with E-state index in [4.69, 9.17) is 4.74 Å². The second-order valence-corrected chi connectivity index (χ2v) is 7.58. The number of ether oxygens (including phenoxy) is 1. The number of phenols is 1. The highest BCUT2D eigenvalue weighted by molar-refractivity contribution is 6.04. The number of allylic oxidation sites excluding steroid dienone is 6. The van der Waals surface area contributed by atoms with Gasteiger partial charge in [0.05, 0.1) is 7.11 Å². The number of hydrogen-bond donors (Lipinski definition) is 1. The van der Waals surface area contributed by atoms with Gasteiger partial charge in [-0.05, 0) is 41.8 Å². The van der Waals surface area contributed by atoms with Gasteiger partial charge < -0.3 is 9.84 Å². The van der Waals surface area contributed by atoms with Crippen molar-refractivity contribution in [2.75, 3.05) is 7.11 Å². The van der Waals surface area contributed by atoms with E-state index in [1.807, 2.05) is 78.9 Å². The van der Waals surface area contributed by atoms with Gasteiger partial charge in [0.1, 0.15) is 11.5 Å². The van der Waals surface area contributed by atoms with Crippen LogP contribution in [-0.4, -0.2) is 18.0 Å². The zero-order valence-corrected chi connectivity index (χ0v) is 17.4. The van der Waals surface area contributed by atoms with Crippen molar-refractivity contribution in [2.45, 2.75) is 11.8 Å². The Labute approximate surface area is 182 Å². The number of methoxy groups -OCH3 is 1. The average molecular weight is 408 g/mol. The molecule has 154 valence electrons. The number of carbonyl (C=O) groups is 1. The summed E-state index contributed by atoms with van der Waals surface area (Å²) < 4.78 is 5.57. The molecule has 0 spiro atoms. The number of para-hydroxylation sites is 1. The van der Waals surface area contributed by atoms with Crippen LogP contribution < -0.4 is 4.74 Å². The Morgan fingerprint density at radius 3 is 2.42 bits per heavy atom. The number of carbonyl (C=O) groups excluding carboxylic acids is 1. The molecule has 0 fully saturated rings. The third-order valence-electron chi connectivity index (χ3n) is 5.62. The Hall–Kier alpha value is -3.85. The molecule has 4 rings (SSSR count). The van der Waals surface area contributed by atoms with Crippen molar-refractivity contribution in [1.29, 1.82) is 0 Å². The lowest BCUT2D eigenvalue weighted by molar-refractivity contribution is 0.104. The Kier molecular flexibility index (Phi) is 5.85. The SMILES string of the molecule is COc1ccccc1C1=CC=CC(/C=C/C(=O)c2ccccc2)(c2ccc(O)cc2)C1. The van der Waals surface area contributed by atoms with Crippen LogP contribution in [0.15, 0.2) is 109 Å². The molecular weight excluding hydrogens is 384 g/mol. The highest BCUT2D eigenvalue weighted by Gasteiger charge is 2.31. The largest absolute Gasteiger partial charge is 0.508 e. The zero-order valence-electron chi connectivity index (χ0n) is 17.4. The van der Waals surface area contributed by atoms with Crippen LogP contribution in [0.25, 0.3) is 5.57 Å². The van der Waals surface area contributed by atoms with E-state index in [1.165, 1.54) is 0 Å². The lowest BCUT2D eigenvalue weighted by Gasteiger charge is -2.32. The molecule has 1 N–H and O–H groups in total. The molecule has 31 heavy (non-hydrogen) atoms. The molecule has 3 aromatic rings. The van der Waals surface area contributed by atoms with Crippen LogP contribution in [0.4, 0.5) is 0 Å². The second kappa shape index (κ2) is 8.88. The molecule has 0 heterocycles. The molecule has 0 saturated heterocycles. The zero-order chi connectivity index (χ0) is 21.7. The van der Waals surface area contributed by atoms with E-state index in [2.05, 4.69) is 12.2 Å². The molecule has 0 aliphatic heterocycles. The fraction of sp³-hybridized carbons (Fsp3) is 0.107. The molecule has 0 radical (unpaired) electrons. The van der Waals surface area contributed by atoms with Gasteiger partial charge in [-0.1, -0.05) is 85.0 Å². The third-order valence-corrected chi connectivity index (χ3v) is 5.62. The summed E-state index contributed by atoms with van der Waals surface area (Å²) in [5.41, 5.74) is 3.27. The minimum atomic E-state index is -0.525. The maximum absolute atomic E-state index is 12.8.